The van der Waals surface area contributed by atoms with Crippen molar-refractivity contribution < 1.29 is 9.53 Å². The number of carbonyl (C=O) groups is 1. The summed E-state index contributed by atoms with van der Waals surface area (Å²) < 4.78 is 5.19. The summed E-state index contributed by atoms with van der Waals surface area (Å²) in [6.45, 7) is 7.46. The molecule has 0 spiro atoms. The van der Waals surface area contributed by atoms with Gasteiger partial charge < -0.3 is 15.8 Å². The summed E-state index contributed by atoms with van der Waals surface area (Å²) in [7, 11) is 0. The van der Waals surface area contributed by atoms with Crippen LogP contribution >= 0.6 is 0 Å². The van der Waals surface area contributed by atoms with Crippen molar-refractivity contribution in [1.82, 2.24) is 5.32 Å². The average Bonchev–Trinajstić information content (AvgIpc) is 2.47. The predicted octanol–water partition coefficient (Wildman–Crippen LogP) is 0.267. The zero-order valence-corrected chi connectivity index (χ0v) is 9.22. The quantitative estimate of drug-likeness (QED) is 0.628. The highest BCUT2D eigenvalue weighted by molar-refractivity contribution is 5.75. The van der Waals surface area contributed by atoms with Gasteiger partial charge in [0.15, 0.2) is 0 Å². The second-order valence-corrected chi connectivity index (χ2v) is 5.12. The normalized spacial score (nSPS) is 27.7. The third-order valence-corrected chi connectivity index (χ3v) is 2.38. The minimum absolute atomic E-state index is 0.186. The highest BCUT2D eigenvalue weighted by Crippen LogP contribution is 2.18. The van der Waals surface area contributed by atoms with E-state index in [0.717, 1.165) is 19.5 Å². The second-order valence-electron chi connectivity index (χ2n) is 5.12. The molecular weight excluding hydrogens is 180 g/mol. The first-order chi connectivity index (χ1) is 6.33. The van der Waals surface area contributed by atoms with Crippen LogP contribution in [0.5, 0.6) is 0 Å². The van der Waals surface area contributed by atoms with Crippen molar-refractivity contribution in [1.29, 1.82) is 0 Å². The Kier molecular flexibility index (Phi) is 3.17. The third kappa shape index (κ3) is 2.96. The van der Waals surface area contributed by atoms with Crippen LogP contribution in [0, 0.1) is 5.41 Å². The Morgan fingerprint density at radius 3 is 2.64 bits per heavy atom. The molecule has 0 aliphatic carbocycles. The summed E-state index contributed by atoms with van der Waals surface area (Å²) in [6.07, 6.45) is 0.865. The molecule has 4 heteroatoms. The number of rotatable bonds is 2. The van der Waals surface area contributed by atoms with Gasteiger partial charge in [-0.1, -0.05) is 0 Å². The average molecular weight is 200 g/mol. The molecule has 0 radical (unpaired) electrons. The highest BCUT2D eigenvalue weighted by Gasteiger charge is 2.32. The molecule has 82 valence electrons. The maximum Gasteiger partial charge on any atom is 0.311 e. The van der Waals surface area contributed by atoms with Crippen LogP contribution in [0.2, 0.25) is 0 Å². The van der Waals surface area contributed by atoms with Crippen molar-refractivity contribution in [2.45, 2.75) is 32.7 Å². The molecule has 14 heavy (non-hydrogen) atoms. The Morgan fingerprint density at radius 2 is 2.21 bits per heavy atom. The van der Waals surface area contributed by atoms with Crippen molar-refractivity contribution in [3.63, 3.8) is 0 Å². The lowest BCUT2D eigenvalue weighted by atomic mass is 9.97. The van der Waals surface area contributed by atoms with Gasteiger partial charge >= 0.3 is 5.97 Å². The fourth-order valence-corrected chi connectivity index (χ4v) is 1.31. The van der Waals surface area contributed by atoms with Crippen molar-refractivity contribution in [3.05, 3.63) is 0 Å². The number of nitrogens with one attached hydrogen (secondary N) is 1. The van der Waals surface area contributed by atoms with Crippen LogP contribution in [0.1, 0.15) is 27.2 Å². The summed E-state index contributed by atoms with van der Waals surface area (Å²) >= 11 is 0. The zero-order chi connectivity index (χ0) is 10.8. The van der Waals surface area contributed by atoms with E-state index >= 15 is 0 Å². The SMILES string of the molecule is CC(C)(C)C(=O)OCC1(N)CCNC1. The third-order valence-electron chi connectivity index (χ3n) is 2.38. The van der Waals surface area contributed by atoms with Gasteiger partial charge in [-0.25, -0.2) is 0 Å². The number of hydrogen-bond acceptors (Lipinski definition) is 4. The summed E-state index contributed by atoms with van der Waals surface area (Å²) in [5, 5.41) is 3.16. The molecule has 1 aliphatic heterocycles. The van der Waals surface area contributed by atoms with Gasteiger partial charge in [-0.15, -0.1) is 0 Å². The molecule has 0 aromatic rings. The largest absolute Gasteiger partial charge is 0.463 e. The number of esters is 1. The second kappa shape index (κ2) is 3.87. The van der Waals surface area contributed by atoms with Crippen LogP contribution < -0.4 is 11.1 Å². The first-order valence-corrected chi connectivity index (χ1v) is 5.00. The summed E-state index contributed by atoms with van der Waals surface area (Å²) in [5.74, 6) is -0.186. The van der Waals surface area contributed by atoms with Gasteiger partial charge in [0.1, 0.15) is 6.61 Å². The van der Waals surface area contributed by atoms with Crippen LogP contribution in [0.15, 0.2) is 0 Å². The van der Waals surface area contributed by atoms with E-state index in [1.54, 1.807) is 0 Å². The van der Waals surface area contributed by atoms with Crippen molar-refractivity contribution in [2.24, 2.45) is 11.1 Å². The number of hydrogen-bond donors (Lipinski definition) is 2. The van der Waals surface area contributed by atoms with E-state index in [-0.39, 0.29) is 11.5 Å². The maximum atomic E-state index is 11.5. The molecule has 0 aromatic heterocycles. The van der Waals surface area contributed by atoms with Crippen LogP contribution in [0.25, 0.3) is 0 Å². The fourth-order valence-electron chi connectivity index (χ4n) is 1.31. The van der Waals surface area contributed by atoms with E-state index in [1.807, 2.05) is 20.8 Å². The highest BCUT2D eigenvalue weighted by atomic mass is 16.5. The van der Waals surface area contributed by atoms with Gasteiger partial charge in [-0.05, 0) is 33.7 Å². The molecule has 1 fully saturated rings. The molecule has 1 aliphatic rings. The molecule has 1 heterocycles. The molecule has 4 nitrogen and oxygen atoms in total. The Morgan fingerprint density at radius 1 is 1.57 bits per heavy atom. The molecule has 0 aromatic carbocycles. The van der Waals surface area contributed by atoms with Gasteiger partial charge in [0.25, 0.3) is 0 Å². The lowest BCUT2D eigenvalue weighted by Crippen LogP contribution is -2.47. The fraction of sp³-hybridized carbons (Fsp3) is 0.900. The summed E-state index contributed by atoms with van der Waals surface area (Å²) in [4.78, 5) is 11.5. The van der Waals surface area contributed by atoms with Crippen LogP contribution in [0.3, 0.4) is 0 Å². The summed E-state index contributed by atoms with van der Waals surface area (Å²) in [5.41, 5.74) is 5.21. The van der Waals surface area contributed by atoms with Crippen molar-refractivity contribution >= 4 is 5.97 Å². The Balaban J connectivity index is 2.37. The molecule has 1 rings (SSSR count). The summed E-state index contributed by atoms with van der Waals surface area (Å²) in [6, 6.07) is 0. The molecule has 1 unspecified atom stereocenters. The Labute approximate surface area is 85.2 Å². The molecule has 3 N–H and O–H groups in total. The number of nitrogens with two attached hydrogens (primary N) is 1. The van der Waals surface area contributed by atoms with E-state index in [1.165, 1.54) is 0 Å². The van der Waals surface area contributed by atoms with Gasteiger partial charge in [0.2, 0.25) is 0 Å². The lowest BCUT2D eigenvalue weighted by Gasteiger charge is -2.25. The Hall–Kier alpha value is -0.610. The zero-order valence-electron chi connectivity index (χ0n) is 9.22. The van der Waals surface area contributed by atoms with Gasteiger partial charge in [-0.2, -0.15) is 0 Å². The Bertz CT molecular complexity index is 215. The molecule has 0 bridgehead atoms. The predicted molar refractivity (Wildman–Crippen MR) is 54.8 cm³/mol. The van der Waals surface area contributed by atoms with Gasteiger partial charge in [-0.3, -0.25) is 4.79 Å². The monoisotopic (exact) mass is 200 g/mol. The molecular formula is C10H20N2O2. The van der Waals surface area contributed by atoms with E-state index < -0.39 is 5.41 Å². The number of ether oxygens (including phenoxy) is 1. The van der Waals surface area contributed by atoms with Gasteiger partial charge in [0.05, 0.1) is 11.0 Å². The standard InChI is InChI=1S/C10H20N2O2/c1-9(2,3)8(13)14-7-10(11)4-5-12-6-10/h12H,4-7,11H2,1-3H3. The van der Waals surface area contributed by atoms with E-state index in [2.05, 4.69) is 5.32 Å². The van der Waals surface area contributed by atoms with E-state index in [0.29, 0.717) is 6.61 Å². The van der Waals surface area contributed by atoms with Crippen molar-refractivity contribution in [2.75, 3.05) is 19.7 Å². The van der Waals surface area contributed by atoms with Gasteiger partial charge in [0, 0.05) is 6.54 Å². The lowest BCUT2D eigenvalue weighted by molar-refractivity contribution is -0.154. The molecule has 1 atom stereocenters. The minimum Gasteiger partial charge on any atom is -0.463 e. The molecule has 0 saturated carbocycles. The molecule has 1 saturated heterocycles. The van der Waals surface area contributed by atoms with E-state index in [4.69, 9.17) is 10.5 Å². The topological polar surface area (TPSA) is 64.3 Å². The van der Waals surface area contributed by atoms with E-state index in [9.17, 15) is 4.79 Å². The first-order valence-electron chi connectivity index (χ1n) is 5.00. The minimum atomic E-state index is -0.442. The van der Waals surface area contributed by atoms with Crippen molar-refractivity contribution in [3.8, 4) is 0 Å². The maximum absolute atomic E-state index is 11.5. The van der Waals surface area contributed by atoms with Crippen LogP contribution in [0.4, 0.5) is 0 Å². The first kappa shape index (κ1) is 11.5. The van der Waals surface area contributed by atoms with Crippen LogP contribution in [-0.2, 0) is 9.53 Å². The number of carbonyl (C=O) groups excluding carboxylic acids is 1. The van der Waals surface area contributed by atoms with Crippen LogP contribution in [-0.4, -0.2) is 31.2 Å². The molecule has 0 amide bonds. The smallest absolute Gasteiger partial charge is 0.311 e.